The number of rotatable bonds is 3. The Morgan fingerprint density at radius 1 is 0.556 bits per heavy atom. The molecule has 2 nitrogen and oxygen atoms in total. The number of hydrogen-bond donors (Lipinski definition) is 0. The van der Waals surface area contributed by atoms with Crippen molar-refractivity contribution in [2.24, 2.45) is 8.80 Å². The van der Waals surface area contributed by atoms with Gasteiger partial charge < -0.3 is 0 Å². The van der Waals surface area contributed by atoms with Crippen LogP contribution >= 0.6 is 44.0 Å². The average molecular weight is 377 g/mol. The van der Waals surface area contributed by atoms with Crippen LogP contribution in [0.1, 0.15) is 0 Å². The Bertz CT molecular complexity index is 394. The van der Waals surface area contributed by atoms with Crippen LogP contribution in [0, 0.1) is 0 Å². The first kappa shape index (κ1) is 17.9. The molecule has 18 heavy (non-hydrogen) atoms. The van der Waals surface area contributed by atoms with E-state index in [1.165, 1.54) is 0 Å². The third kappa shape index (κ3) is 11.0. The molecule has 0 aromatic rings. The molecule has 16 heteroatoms. The molecule has 0 unspecified atom stereocenters. The van der Waals surface area contributed by atoms with Crippen LogP contribution in [-0.2, 0) is 0 Å². The van der Waals surface area contributed by atoms with Crippen molar-refractivity contribution in [2.75, 3.05) is 0 Å². The lowest BCUT2D eigenvalue weighted by Crippen LogP contribution is -2.11. The molecule has 0 saturated heterocycles. The molecule has 0 atom stereocenters. The van der Waals surface area contributed by atoms with E-state index in [0.717, 1.165) is 0 Å². The smallest absolute Gasteiger partial charge is 0.113 e. The highest BCUT2D eigenvalue weighted by atomic mass is 35.5. The van der Waals surface area contributed by atoms with Crippen LogP contribution in [-0.4, -0.2) is 10.3 Å². The highest BCUT2D eigenvalue weighted by molar-refractivity contribution is 8.45. The van der Waals surface area contributed by atoms with Crippen LogP contribution in [0.5, 0.6) is 0 Å². The van der Waals surface area contributed by atoms with Crippen molar-refractivity contribution in [2.45, 2.75) is 0 Å². The summed E-state index contributed by atoms with van der Waals surface area (Å²) in [7, 11) is -21.2. The minimum absolute atomic E-state index is 0.509. The first-order chi connectivity index (χ1) is 6.96. The summed E-state index contributed by atoms with van der Waals surface area (Å²) in [4.78, 5) is 0. The molecule has 0 spiro atoms. The zero-order chi connectivity index (χ0) is 15.4. The summed E-state index contributed by atoms with van der Waals surface area (Å²) in [5, 5.41) is -5.52. The summed E-state index contributed by atoms with van der Waals surface area (Å²) in [5.74, 6) is 0. The molecule has 0 aliphatic carbocycles. The molecule has 0 aromatic carbocycles. The predicted octanol–water partition coefficient (Wildman–Crippen LogP) is 6.69. The highest BCUT2D eigenvalue weighted by Gasteiger charge is 2.66. The molecule has 0 rings (SSSR count). The molecule has 0 aromatic heterocycles. The molecule has 0 amide bonds. The monoisotopic (exact) mass is 376 g/mol. The summed E-state index contributed by atoms with van der Waals surface area (Å²) in [6, 6.07) is 0. The average Bonchev–Trinajstić information content (AvgIpc) is 1.70. The van der Waals surface area contributed by atoms with E-state index in [4.69, 9.17) is 0 Å². The Hall–Kier alpha value is -0.0800. The maximum absolute atomic E-state index is 11.6. The summed E-state index contributed by atoms with van der Waals surface area (Å²) < 4.78 is 117. The lowest BCUT2D eigenvalue weighted by molar-refractivity contribution is 0.363. The lowest BCUT2D eigenvalue weighted by atomic mass is 10.8. The fourth-order valence-electron chi connectivity index (χ4n) is 0.378. The second kappa shape index (κ2) is 2.98. The molecular formula is C2Cl2F10N2S2. The first-order valence-electron chi connectivity index (χ1n) is 2.98. The highest BCUT2D eigenvalue weighted by Crippen LogP contribution is 3.00. The number of halogens is 12. The van der Waals surface area contributed by atoms with Gasteiger partial charge in [-0.3, -0.25) is 0 Å². The van der Waals surface area contributed by atoms with Gasteiger partial charge in [0.15, 0.2) is 10.3 Å². The van der Waals surface area contributed by atoms with Gasteiger partial charge in [0, 0.05) is 0 Å². The summed E-state index contributed by atoms with van der Waals surface area (Å²) in [5.41, 5.74) is 0. The Balaban J connectivity index is 5.80. The van der Waals surface area contributed by atoms with E-state index in [0.29, 0.717) is 8.80 Å². The van der Waals surface area contributed by atoms with Gasteiger partial charge in [0.05, 0.1) is 0 Å². The number of hydrogen-bond acceptors (Lipinski definition) is 2. The molecular weight excluding hydrogens is 377 g/mol. The Morgan fingerprint density at radius 2 is 0.722 bits per heavy atom. The van der Waals surface area contributed by atoms with Crippen LogP contribution in [0.25, 0.3) is 0 Å². The zero-order valence-electron chi connectivity index (χ0n) is 7.25. The number of nitrogens with zero attached hydrogens (tertiary/aromatic N) is 2. The van der Waals surface area contributed by atoms with Crippen LogP contribution in [0.2, 0.25) is 0 Å². The molecule has 0 radical (unpaired) electrons. The van der Waals surface area contributed by atoms with E-state index in [1.54, 1.807) is 0 Å². The van der Waals surface area contributed by atoms with Gasteiger partial charge in [-0.2, -0.15) is 0 Å². The standard InChI is InChI=1S/C2Cl2F10N2S2/c3-1(15-17(5,6,7,8)9)2(4)16-18(10,11,12,13)14/b15-1-,16-2-. The van der Waals surface area contributed by atoms with Crippen molar-refractivity contribution in [1.82, 2.24) is 0 Å². The van der Waals surface area contributed by atoms with Crippen molar-refractivity contribution in [1.29, 1.82) is 0 Å². The molecule has 0 aliphatic heterocycles. The molecule has 0 heterocycles. The normalized spacial score (nSPS) is 23.8. The van der Waals surface area contributed by atoms with Crippen LogP contribution < -0.4 is 0 Å². The quantitative estimate of drug-likeness (QED) is 0.387. The van der Waals surface area contributed by atoms with Crippen molar-refractivity contribution in [3.63, 3.8) is 0 Å². The van der Waals surface area contributed by atoms with E-state index in [-0.39, 0.29) is 0 Å². The van der Waals surface area contributed by atoms with Gasteiger partial charge >= 0.3 is 20.8 Å². The second-order valence-corrected chi connectivity index (χ2v) is 7.41. The van der Waals surface area contributed by atoms with Gasteiger partial charge in [0.1, 0.15) is 0 Å². The van der Waals surface area contributed by atoms with Crippen LogP contribution in [0.4, 0.5) is 38.9 Å². The minimum Gasteiger partial charge on any atom is -0.113 e. The second-order valence-electron chi connectivity index (χ2n) is 2.62. The summed E-state index contributed by atoms with van der Waals surface area (Å²) >= 11 is 8.46. The summed E-state index contributed by atoms with van der Waals surface area (Å²) in [6.45, 7) is 0. The molecule has 0 fully saturated rings. The predicted molar refractivity (Wildman–Crippen MR) is 52.8 cm³/mol. The maximum atomic E-state index is 11.6. The fraction of sp³-hybridized carbons (Fsp3) is 0. The Kier molecular flexibility index (Phi) is 2.97. The van der Waals surface area contributed by atoms with Gasteiger partial charge in [-0.15, -0.1) is 8.80 Å². The van der Waals surface area contributed by atoms with Crippen molar-refractivity contribution in [3.05, 3.63) is 0 Å². The first-order valence-corrected chi connectivity index (χ1v) is 7.56. The molecule has 0 saturated carbocycles. The van der Waals surface area contributed by atoms with Crippen LogP contribution in [0.15, 0.2) is 8.80 Å². The van der Waals surface area contributed by atoms with Gasteiger partial charge in [0.25, 0.3) is 0 Å². The van der Waals surface area contributed by atoms with E-state index in [1.807, 2.05) is 0 Å². The molecule has 0 bridgehead atoms. The van der Waals surface area contributed by atoms with Gasteiger partial charge in [-0.25, -0.2) is 0 Å². The Labute approximate surface area is 102 Å². The van der Waals surface area contributed by atoms with E-state index >= 15 is 0 Å². The third-order valence-corrected chi connectivity index (χ3v) is 2.55. The van der Waals surface area contributed by atoms with Crippen molar-refractivity contribution in [3.8, 4) is 0 Å². The van der Waals surface area contributed by atoms with Gasteiger partial charge in [-0.05, 0) is 0 Å². The minimum atomic E-state index is -10.6. The van der Waals surface area contributed by atoms with Crippen LogP contribution in [0.3, 0.4) is 0 Å². The molecule has 0 aliphatic rings. The van der Waals surface area contributed by atoms with Gasteiger partial charge in [0.2, 0.25) is 0 Å². The SMILES string of the molecule is FS(F)(F)(F)(F)/N=C(Cl)/C(Cl)=N/S(F)(F)(F)(F)F. The Morgan fingerprint density at radius 3 is 0.833 bits per heavy atom. The molecule has 0 N–H and O–H groups in total. The molecule has 114 valence electrons. The largest absolute Gasteiger partial charge is 0.383 e. The lowest BCUT2D eigenvalue weighted by Gasteiger charge is -2.36. The van der Waals surface area contributed by atoms with E-state index in [2.05, 4.69) is 23.2 Å². The summed E-state index contributed by atoms with van der Waals surface area (Å²) in [6.07, 6.45) is 0. The van der Waals surface area contributed by atoms with E-state index < -0.39 is 31.2 Å². The zero-order valence-corrected chi connectivity index (χ0v) is 10.4. The van der Waals surface area contributed by atoms with Crippen molar-refractivity contribution < 1.29 is 38.9 Å². The topological polar surface area (TPSA) is 24.7 Å². The van der Waals surface area contributed by atoms with Crippen molar-refractivity contribution >= 4 is 54.4 Å². The maximum Gasteiger partial charge on any atom is 0.383 e. The van der Waals surface area contributed by atoms with Gasteiger partial charge in [-0.1, -0.05) is 62.1 Å². The third-order valence-electron chi connectivity index (χ3n) is 0.676. The van der Waals surface area contributed by atoms with E-state index in [9.17, 15) is 38.9 Å². The fourth-order valence-corrected chi connectivity index (χ4v) is 2.12.